The van der Waals surface area contributed by atoms with Crippen LogP contribution >= 0.6 is 0 Å². The van der Waals surface area contributed by atoms with Gasteiger partial charge >= 0.3 is 5.97 Å². The Morgan fingerprint density at radius 1 is 1.16 bits per heavy atom. The molecule has 4 rings (SSSR count). The normalized spacial score (nSPS) is 18.9. The summed E-state index contributed by atoms with van der Waals surface area (Å²) in [5.74, 6) is 0.617. The molecular formula is C25H37N3O4. The summed E-state index contributed by atoms with van der Waals surface area (Å²) in [6.07, 6.45) is 2.75. The molecule has 0 N–H and O–H groups in total. The number of esters is 1. The molecule has 2 aliphatic rings. The molecule has 0 unspecified atom stereocenters. The minimum atomic E-state index is -0.288. The van der Waals surface area contributed by atoms with Gasteiger partial charge in [0.05, 0.1) is 19.2 Å². The number of rotatable bonds is 7. The van der Waals surface area contributed by atoms with Crippen LogP contribution in [0.1, 0.15) is 48.4 Å². The van der Waals surface area contributed by atoms with Gasteiger partial charge in [-0.25, -0.2) is 4.79 Å². The Morgan fingerprint density at radius 2 is 1.88 bits per heavy atom. The maximum absolute atomic E-state index is 13.0. The lowest BCUT2D eigenvalue weighted by molar-refractivity contribution is 0.0601. The van der Waals surface area contributed by atoms with Crippen LogP contribution in [0.3, 0.4) is 0 Å². The zero-order valence-electron chi connectivity index (χ0n) is 20.0. The number of benzene rings is 1. The lowest BCUT2D eigenvalue weighted by Crippen LogP contribution is -2.43. The van der Waals surface area contributed by atoms with Gasteiger partial charge in [0, 0.05) is 69.1 Å². The highest BCUT2D eigenvalue weighted by Crippen LogP contribution is 2.37. The number of ether oxygens (including phenoxy) is 2. The first-order valence-electron chi connectivity index (χ1n) is 12.0. The van der Waals surface area contributed by atoms with E-state index in [2.05, 4.69) is 41.7 Å². The number of hydrogen-bond acceptors (Lipinski definition) is 7. The van der Waals surface area contributed by atoms with Crippen LogP contribution in [0.5, 0.6) is 0 Å². The van der Waals surface area contributed by atoms with E-state index >= 15 is 0 Å². The fourth-order valence-electron chi connectivity index (χ4n) is 5.14. The first-order valence-corrected chi connectivity index (χ1v) is 12.0. The largest absolute Gasteiger partial charge is 0.465 e. The minimum Gasteiger partial charge on any atom is -0.465 e. The number of methoxy groups -OCH3 is 1. The monoisotopic (exact) mass is 443 g/mol. The molecule has 2 saturated heterocycles. The second-order valence-electron chi connectivity index (χ2n) is 8.93. The molecule has 32 heavy (non-hydrogen) atoms. The summed E-state index contributed by atoms with van der Waals surface area (Å²) in [4.78, 5) is 20.2. The topological polar surface area (TPSA) is 58.4 Å². The minimum absolute atomic E-state index is 0.288. The van der Waals surface area contributed by atoms with Gasteiger partial charge in [-0.1, -0.05) is 6.92 Å². The fraction of sp³-hybridized carbons (Fsp3) is 0.640. The molecule has 2 aromatic rings. The van der Waals surface area contributed by atoms with Crippen molar-refractivity contribution in [2.45, 2.75) is 45.7 Å². The molecule has 7 heteroatoms. The molecule has 0 aliphatic carbocycles. The van der Waals surface area contributed by atoms with E-state index in [1.54, 1.807) is 0 Å². The van der Waals surface area contributed by atoms with Gasteiger partial charge in [0.1, 0.15) is 11.3 Å². The average molecular weight is 444 g/mol. The van der Waals surface area contributed by atoms with Crippen molar-refractivity contribution < 1.29 is 18.7 Å². The number of likely N-dealkylation sites (N-methyl/N-ethyl adjacent to an activating group) is 1. The van der Waals surface area contributed by atoms with E-state index in [0.29, 0.717) is 11.6 Å². The van der Waals surface area contributed by atoms with Gasteiger partial charge < -0.3 is 23.7 Å². The summed E-state index contributed by atoms with van der Waals surface area (Å²) in [7, 11) is 3.62. The fourth-order valence-corrected chi connectivity index (χ4v) is 5.14. The Balaban J connectivity index is 1.75. The number of piperazine rings is 1. The third kappa shape index (κ3) is 4.65. The lowest BCUT2D eigenvalue weighted by Gasteiger charge is -2.36. The van der Waals surface area contributed by atoms with Crippen molar-refractivity contribution in [3.05, 3.63) is 29.0 Å². The van der Waals surface area contributed by atoms with Gasteiger partial charge in [0.2, 0.25) is 0 Å². The van der Waals surface area contributed by atoms with Crippen molar-refractivity contribution in [3.63, 3.8) is 0 Å². The third-order valence-corrected chi connectivity index (χ3v) is 6.96. The van der Waals surface area contributed by atoms with Gasteiger partial charge in [-0.3, -0.25) is 4.90 Å². The molecule has 3 heterocycles. The maximum Gasteiger partial charge on any atom is 0.338 e. The Kier molecular flexibility index (Phi) is 7.38. The molecule has 7 nitrogen and oxygen atoms in total. The Hall–Kier alpha value is -2.09. The van der Waals surface area contributed by atoms with E-state index in [0.717, 1.165) is 99.7 Å². The van der Waals surface area contributed by atoms with Crippen molar-refractivity contribution in [1.82, 2.24) is 9.80 Å². The molecule has 2 fully saturated rings. The summed E-state index contributed by atoms with van der Waals surface area (Å²) in [5.41, 5.74) is 3.56. The zero-order chi connectivity index (χ0) is 22.7. The number of hydrogen-bond donors (Lipinski definition) is 0. The standard InChI is InChI=1S/C25H37N3O4/c1-5-20-22(28(6-2)18-7-13-31-14-8-18)16-23-21(24(20)25(29)30-4)15-19(32-23)17-27-11-9-26(3)10-12-27/h15-16,18H,5-14,17H2,1-4H3. The summed E-state index contributed by atoms with van der Waals surface area (Å²) >= 11 is 0. The number of furan rings is 1. The van der Waals surface area contributed by atoms with E-state index in [1.807, 2.05) is 6.07 Å². The number of carbonyl (C=O) groups excluding carboxylic acids is 1. The quantitative estimate of drug-likeness (QED) is 0.607. The van der Waals surface area contributed by atoms with E-state index in [-0.39, 0.29) is 5.97 Å². The van der Waals surface area contributed by atoms with Crippen LogP contribution in [0, 0.1) is 0 Å². The number of fused-ring (bicyclic) bond motifs is 1. The van der Waals surface area contributed by atoms with E-state index in [4.69, 9.17) is 13.9 Å². The molecule has 176 valence electrons. The van der Waals surface area contributed by atoms with Crippen molar-refractivity contribution in [2.75, 3.05) is 65.0 Å². The summed E-state index contributed by atoms with van der Waals surface area (Å²) in [6.45, 7) is 11.7. The Morgan fingerprint density at radius 3 is 2.50 bits per heavy atom. The molecule has 0 spiro atoms. The van der Waals surface area contributed by atoms with Gasteiger partial charge in [0.15, 0.2) is 0 Å². The highest BCUT2D eigenvalue weighted by Gasteiger charge is 2.28. The Bertz CT molecular complexity index is 927. The second-order valence-corrected chi connectivity index (χ2v) is 8.93. The number of nitrogens with zero attached hydrogens (tertiary/aromatic N) is 3. The van der Waals surface area contributed by atoms with Crippen molar-refractivity contribution >= 4 is 22.6 Å². The molecule has 0 radical (unpaired) electrons. The lowest BCUT2D eigenvalue weighted by atomic mass is 9.96. The van der Waals surface area contributed by atoms with E-state index in [1.165, 1.54) is 7.11 Å². The van der Waals surface area contributed by atoms with Gasteiger partial charge in [-0.05, 0) is 44.9 Å². The molecule has 0 amide bonds. The van der Waals surface area contributed by atoms with Gasteiger partial charge in [0.25, 0.3) is 0 Å². The molecule has 2 aliphatic heterocycles. The van der Waals surface area contributed by atoms with Crippen molar-refractivity contribution in [3.8, 4) is 0 Å². The first-order chi connectivity index (χ1) is 15.5. The second kappa shape index (κ2) is 10.2. The smallest absolute Gasteiger partial charge is 0.338 e. The van der Waals surface area contributed by atoms with Crippen LogP contribution in [0.2, 0.25) is 0 Å². The summed E-state index contributed by atoms with van der Waals surface area (Å²) in [6, 6.07) is 4.60. The van der Waals surface area contributed by atoms with Crippen LogP contribution in [0.4, 0.5) is 5.69 Å². The van der Waals surface area contributed by atoms with Gasteiger partial charge in [-0.15, -0.1) is 0 Å². The number of anilines is 1. The molecular weight excluding hydrogens is 406 g/mol. The third-order valence-electron chi connectivity index (χ3n) is 6.96. The van der Waals surface area contributed by atoms with Crippen LogP contribution in [0.25, 0.3) is 11.0 Å². The van der Waals surface area contributed by atoms with Crippen LogP contribution in [-0.4, -0.2) is 81.9 Å². The van der Waals surface area contributed by atoms with Crippen LogP contribution in [0.15, 0.2) is 16.5 Å². The van der Waals surface area contributed by atoms with Crippen molar-refractivity contribution in [1.29, 1.82) is 0 Å². The molecule has 0 atom stereocenters. The van der Waals surface area contributed by atoms with Crippen LogP contribution < -0.4 is 4.90 Å². The SMILES string of the molecule is CCc1c(N(CC)C2CCOCC2)cc2oc(CN3CCN(C)CC3)cc2c1C(=O)OC. The zero-order valence-corrected chi connectivity index (χ0v) is 20.0. The van der Waals surface area contributed by atoms with Crippen LogP contribution in [-0.2, 0) is 22.4 Å². The van der Waals surface area contributed by atoms with Gasteiger partial charge in [-0.2, -0.15) is 0 Å². The molecule has 0 saturated carbocycles. The van der Waals surface area contributed by atoms with E-state index in [9.17, 15) is 4.79 Å². The highest BCUT2D eigenvalue weighted by atomic mass is 16.5. The van der Waals surface area contributed by atoms with E-state index < -0.39 is 0 Å². The first kappa shape index (κ1) is 23.1. The van der Waals surface area contributed by atoms with Crippen molar-refractivity contribution in [2.24, 2.45) is 0 Å². The average Bonchev–Trinajstić information content (AvgIpc) is 3.22. The summed E-state index contributed by atoms with van der Waals surface area (Å²) in [5, 5.41) is 0.865. The molecule has 1 aromatic carbocycles. The number of carbonyl (C=O) groups is 1. The Labute approximate surface area is 191 Å². The maximum atomic E-state index is 13.0. The predicted octanol–water partition coefficient (Wildman–Crippen LogP) is 3.53. The molecule has 0 bridgehead atoms. The highest BCUT2D eigenvalue weighted by molar-refractivity contribution is 6.07. The predicted molar refractivity (Wildman–Crippen MR) is 127 cm³/mol. The summed E-state index contributed by atoms with van der Waals surface area (Å²) < 4.78 is 17.2. The molecule has 1 aromatic heterocycles.